The van der Waals surface area contributed by atoms with Crippen molar-refractivity contribution in [2.24, 2.45) is 0 Å². The van der Waals surface area contributed by atoms with Crippen LogP contribution in [0.5, 0.6) is 0 Å². The number of nitrogens with one attached hydrogen (secondary N) is 1. The van der Waals surface area contributed by atoms with Crippen LogP contribution in [0, 0.1) is 0 Å². The van der Waals surface area contributed by atoms with Crippen molar-refractivity contribution in [3.8, 4) is 0 Å². The first-order valence-electron chi connectivity index (χ1n) is 9.33. The maximum Gasteiger partial charge on any atom is 0.282 e. The van der Waals surface area contributed by atoms with E-state index in [0.717, 1.165) is 0 Å². The molecule has 0 aromatic heterocycles. The van der Waals surface area contributed by atoms with E-state index in [9.17, 15) is 13.2 Å². The molecule has 3 saturated heterocycles. The molecule has 3 aliphatic heterocycles. The lowest BCUT2D eigenvalue weighted by Gasteiger charge is -2.41. The predicted octanol–water partition coefficient (Wildman–Crippen LogP) is -1.14. The maximum atomic E-state index is 12.9. The lowest BCUT2D eigenvalue weighted by molar-refractivity contribution is -0.140. The second-order valence-electron chi connectivity index (χ2n) is 7.31. The summed E-state index contributed by atoms with van der Waals surface area (Å²) in [5.74, 6) is -0.0112. The topological polar surface area (TPSA) is 91.4 Å². The summed E-state index contributed by atoms with van der Waals surface area (Å²) in [4.78, 5) is 14.4. The van der Waals surface area contributed by atoms with Gasteiger partial charge in [0.2, 0.25) is 5.91 Å². The quantitative estimate of drug-likeness (QED) is 0.655. The molecule has 150 valence electrons. The first kappa shape index (κ1) is 20.0. The monoisotopic (exact) mass is 390 g/mol. The molecule has 0 bridgehead atoms. The summed E-state index contributed by atoms with van der Waals surface area (Å²) >= 11 is 0. The van der Waals surface area contributed by atoms with Crippen molar-refractivity contribution >= 4 is 16.1 Å². The van der Waals surface area contributed by atoms with E-state index in [4.69, 9.17) is 9.47 Å². The molecule has 0 aromatic rings. The molecule has 4 atom stereocenters. The summed E-state index contributed by atoms with van der Waals surface area (Å²) in [7, 11) is -3.53. The van der Waals surface area contributed by atoms with Crippen LogP contribution in [0.4, 0.5) is 0 Å². The SMILES string of the molecule is CC1CN(S(=O)(=O)N2CCN(C(=O)[C@H]3NCCO[C@@H]3C)CC2)CC(C)O1. The first-order valence-corrected chi connectivity index (χ1v) is 10.7. The molecule has 9 nitrogen and oxygen atoms in total. The van der Waals surface area contributed by atoms with Gasteiger partial charge in [0.05, 0.1) is 24.9 Å². The zero-order valence-electron chi connectivity index (χ0n) is 15.8. The fourth-order valence-electron chi connectivity index (χ4n) is 3.83. The van der Waals surface area contributed by atoms with Crippen LogP contribution in [-0.4, -0.2) is 105 Å². The summed E-state index contributed by atoms with van der Waals surface area (Å²) in [6.45, 7) is 9.08. The number of piperazine rings is 1. The van der Waals surface area contributed by atoms with Crippen molar-refractivity contribution in [3.05, 3.63) is 0 Å². The van der Waals surface area contributed by atoms with Gasteiger partial charge in [-0.3, -0.25) is 4.79 Å². The molecule has 0 aromatic carbocycles. The average molecular weight is 391 g/mol. The number of hydrogen-bond acceptors (Lipinski definition) is 6. The van der Waals surface area contributed by atoms with E-state index < -0.39 is 10.2 Å². The van der Waals surface area contributed by atoms with Crippen LogP contribution < -0.4 is 5.32 Å². The van der Waals surface area contributed by atoms with Crippen molar-refractivity contribution in [2.75, 3.05) is 52.4 Å². The zero-order chi connectivity index (χ0) is 18.9. The minimum absolute atomic E-state index is 0.0112. The minimum atomic E-state index is -3.53. The molecule has 0 saturated carbocycles. The largest absolute Gasteiger partial charge is 0.375 e. The molecule has 3 rings (SSSR count). The van der Waals surface area contributed by atoms with Gasteiger partial charge in [-0.1, -0.05) is 0 Å². The molecule has 0 radical (unpaired) electrons. The van der Waals surface area contributed by atoms with Gasteiger partial charge >= 0.3 is 0 Å². The zero-order valence-corrected chi connectivity index (χ0v) is 16.6. The van der Waals surface area contributed by atoms with E-state index in [-0.39, 0.29) is 30.3 Å². The second-order valence-corrected chi connectivity index (χ2v) is 9.24. The highest BCUT2D eigenvalue weighted by atomic mass is 32.2. The molecule has 1 N–H and O–H groups in total. The van der Waals surface area contributed by atoms with Crippen LogP contribution in [-0.2, 0) is 24.5 Å². The third-order valence-electron chi connectivity index (χ3n) is 5.17. The molecular formula is C16H30N4O5S. The van der Waals surface area contributed by atoms with Crippen LogP contribution >= 0.6 is 0 Å². The van der Waals surface area contributed by atoms with Gasteiger partial charge in [-0.05, 0) is 20.8 Å². The number of morpholine rings is 2. The minimum Gasteiger partial charge on any atom is -0.375 e. The van der Waals surface area contributed by atoms with Crippen LogP contribution in [0.1, 0.15) is 20.8 Å². The maximum absolute atomic E-state index is 12.9. The molecule has 10 heteroatoms. The van der Waals surface area contributed by atoms with Gasteiger partial charge in [0.15, 0.2) is 0 Å². The third kappa shape index (κ3) is 4.20. The summed E-state index contributed by atoms with van der Waals surface area (Å²) < 4.78 is 40.0. The number of ether oxygens (including phenoxy) is 2. The molecule has 1 amide bonds. The fraction of sp³-hybridized carbons (Fsp3) is 0.938. The summed E-state index contributed by atoms with van der Waals surface area (Å²) in [5, 5.41) is 3.20. The molecule has 3 heterocycles. The predicted molar refractivity (Wildman–Crippen MR) is 95.9 cm³/mol. The molecule has 0 spiro atoms. The van der Waals surface area contributed by atoms with Crippen molar-refractivity contribution in [1.29, 1.82) is 0 Å². The Morgan fingerprint density at radius 1 is 1.00 bits per heavy atom. The highest BCUT2D eigenvalue weighted by Crippen LogP contribution is 2.19. The normalized spacial score (nSPS) is 35.4. The third-order valence-corrected chi connectivity index (χ3v) is 7.14. The van der Waals surface area contributed by atoms with Gasteiger partial charge in [-0.25, -0.2) is 0 Å². The van der Waals surface area contributed by atoms with Gasteiger partial charge in [0.25, 0.3) is 10.2 Å². The second kappa shape index (κ2) is 8.07. The molecule has 26 heavy (non-hydrogen) atoms. The Morgan fingerprint density at radius 3 is 2.19 bits per heavy atom. The summed E-state index contributed by atoms with van der Waals surface area (Å²) in [6, 6.07) is -0.354. The van der Waals surface area contributed by atoms with Crippen LogP contribution in [0.25, 0.3) is 0 Å². The van der Waals surface area contributed by atoms with Crippen molar-refractivity contribution in [2.45, 2.75) is 45.1 Å². The van der Waals surface area contributed by atoms with E-state index in [1.165, 1.54) is 8.61 Å². The first-order chi connectivity index (χ1) is 12.3. The standard InChI is InChI=1S/C16H30N4O5S/c1-12-10-20(11-13(2)25-12)26(22,23)19-7-5-18(6-8-19)16(21)15-14(3)24-9-4-17-15/h12-15,17H,4-11H2,1-3H3/t12?,13?,14-,15+/m1/s1. The van der Waals surface area contributed by atoms with Gasteiger partial charge in [0, 0.05) is 45.8 Å². The number of rotatable bonds is 3. The van der Waals surface area contributed by atoms with E-state index in [2.05, 4.69) is 5.32 Å². The van der Waals surface area contributed by atoms with E-state index in [1.54, 1.807) is 4.90 Å². The number of carbonyl (C=O) groups is 1. The fourth-order valence-corrected chi connectivity index (χ4v) is 5.58. The lowest BCUT2D eigenvalue weighted by atomic mass is 10.1. The summed E-state index contributed by atoms with van der Waals surface area (Å²) in [6.07, 6.45) is -0.403. The number of amides is 1. The van der Waals surface area contributed by atoms with Crippen LogP contribution in [0.3, 0.4) is 0 Å². The number of carbonyl (C=O) groups excluding carboxylic acids is 1. The van der Waals surface area contributed by atoms with Crippen LogP contribution in [0.15, 0.2) is 0 Å². The van der Waals surface area contributed by atoms with Gasteiger partial charge in [-0.15, -0.1) is 0 Å². The Hall–Kier alpha value is -0.780. The molecular weight excluding hydrogens is 360 g/mol. The molecule has 3 fully saturated rings. The van der Waals surface area contributed by atoms with Crippen molar-refractivity contribution in [1.82, 2.24) is 18.8 Å². The number of hydrogen-bond donors (Lipinski definition) is 1. The van der Waals surface area contributed by atoms with E-state index in [1.807, 2.05) is 20.8 Å². The Bertz CT molecular complexity index is 598. The van der Waals surface area contributed by atoms with E-state index >= 15 is 0 Å². The molecule has 2 unspecified atom stereocenters. The van der Waals surface area contributed by atoms with Crippen molar-refractivity contribution in [3.63, 3.8) is 0 Å². The van der Waals surface area contributed by atoms with E-state index in [0.29, 0.717) is 52.4 Å². The Labute approximate surface area is 155 Å². The lowest BCUT2D eigenvalue weighted by Crippen LogP contribution is -2.61. The van der Waals surface area contributed by atoms with Gasteiger partial charge in [-0.2, -0.15) is 17.0 Å². The van der Waals surface area contributed by atoms with Crippen molar-refractivity contribution < 1.29 is 22.7 Å². The van der Waals surface area contributed by atoms with Crippen LogP contribution in [0.2, 0.25) is 0 Å². The Kier molecular flexibility index (Phi) is 6.20. The van der Waals surface area contributed by atoms with Gasteiger partial charge in [0.1, 0.15) is 6.04 Å². The molecule has 0 aliphatic carbocycles. The number of nitrogens with zero attached hydrogens (tertiary/aromatic N) is 3. The van der Waals surface area contributed by atoms with Gasteiger partial charge < -0.3 is 19.7 Å². The Morgan fingerprint density at radius 2 is 1.62 bits per heavy atom. The average Bonchev–Trinajstić information content (AvgIpc) is 2.61. The highest BCUT2D eigenvalue weighted by Gasteiger charge is 2.39. The molecule has 3 aliphatic rings. The smallest absolute Gasteiger partial charge is 0.282 e. The highest BCUT2D eigenvalue weighted by molar-refractivity contribution is 7.86. The summed E-state index contributed by atoms with van der Waals surface area (Å²) in [5.41, 5.74) is 0. The Balaban J connectivity index is 1.58.